The van der Waals surface area contributed by atoms with E-state index in [2.05, 4.69) is 4.74 Å². The maximum Gasteiger partial charge on any atom is 0.417 e. The quantitative estimate of drug-likeness (QED) is 0.775. The Kier molecular flexibility index (Phi) is 2.73. The Hall–Kier alpha value is -2.31. The van der Waals surface area contributed by atoms with Gasteiger partial charge in [0.15, 0.2) is 12.4 Å². The summed E-state index contributed by atoms with van der Waals surface area (Å²) < 4.78 is 9.72. The predicted molar refractivity (Wildman–Crippen MR) is 61.2 cm³/mol. The summed E-state index contributed by atoms with van der Waals surface area (Å²) in [5.74, 6) is -0.314. The molecule has 3 amide bonds. The highest BCUT2D eigenvalue weighted by Gasteiger charge is 2.41. The Labute approximate surface area is 108 Å². The van der Waals surface area contributed by atoms with E-state index in [9.17, 15) is 14.4 Å². The van der Waals surface area contributed by atoms with Crippen LogP contribution in [0.2, 0.25) is 0 Å². The van der Waals surface area contributed by atoms with Gasteiger partial charge in [-0.25, -0.2) is 9.69 Å². The van der Waals surface area contributed by atoms with Gasteiger partial charge in [0.1, 0.15) is 0 Å². The Bertz CT molecular complexity index is 508. The molecule has 19 heavy (non-hydrogen) atoms. The topological polar surface area (TPSA) is 80.1 Å². The number of likely N-dealkylation sites (tertiary alicyclic amines) is 1. The number of hydrogen-bond donors (Lipinski definition) is 0. The molecule has 1 aromatic rings. The van der Waals surface area contributed by atoms with E-state index in [-0.39, 0.29) is 30.2 Å². The molecule has 7 heteroatoms. The highest BCUT2D eigenvalue weighted by atomic mass is 16.6. The molecular weight excluding hydrogens is 252 g/mol. The lowest BCUT2D eigenvalue weighted by molar-refractivity contribution is -0.127. The molecule has 2 fully saturated rings. The standard InChI is InChI=1S/C12H12N2O5/c15-10-7-19-12(17)14(10)8-3-4-13(6-8)11(16)9-2-1-5-18-9/h1-2,5,8H,3-4,6-7H2/t8-/m0/s1. The summed E-state index contributed by atoms with van der Waals surface area (Å²) in [5.41, 5.74) is 0. The third-order valence-electron chi connectivity index (χ3n) is 3.33. The fourth-order valence-electron chi connectivity index (χ4n) is 2.41. The van der Waals surface area contributed by atoms with Crippen molar-refractivity contribution in [2.75, 3.05) is 19.7 Å². The van der Waals surface area contributed by atoms with Crippen molar-refractivity contribution in [2.24, 2.45) is 0 Å². The molecule has 3 rings (SSSR count). The first-order valence-corrected chi connectivity index (χ1v) is 5.98. The molecule has 0 saturated carbocycles. The van der Waals surface area contributed by atoms with Crippen molar-refractivity contribution in [3.8, 4) is 0 Å². The molecule has 7 nitrogen and oxygen atoms in total. The molecule has 1 aromatic heterocycles. The van der Waals surface area contributed by atoms with Gasteiger partial charge in [0, 0.05) is 13.1 Å². The van der Waals surface area contributed by atoms with Gasteiger partial charge in [-0.3, -0.25) is 9.59 Å². The van der Waals surface area contributed by atoms with E-state index in [1.54, 1.807) is 17.0 Å². The second kappa shape index (κ2) is 4.42. The Morgan fingerprint density at radius 2 is 2.21 bits per heavy atom. The number of furan rings is 1. The normalized spacial score (nSPS) is 23.1. The summed E-state index contributed by atoms with van der Waals surface area (Å²) in [6, 6.07) is 2.92. The van der Waals surface area contributed by atoms with Crippen LogP contribution in [-0.4, -0.2) is 53.4 Å². The van der Waals surface area contributed by atoms with E-state index < -0.39 is 6.09 Å². The van der Waals surface area contributed by atoms with Gasteiger partial charge in [0.05, 0.1) is 12.3 Å². The number of amides is 3. The summed E-state index contributed by atoms with van der Waals surface area (Å²) in [5, 5.41) is 0. The predicted octanol–water partition coefficient (Wildman–Crippen LogP) is 0.473. The largest absolute Gasteiger partial charge is 0.459 e. The maximum absolute atomic E-state index is 12.0. The molecule has 2 saturated heterocycles. The van der Waals surface area contributed by atoms with Crippen molar-refractivity contribution in [1.29, 1.82) is 0 Å². The average Bonchev–Trinajstić information content (AvgIpc) is 3.10. The van der Waals surface area contributed by atoms with Crippen LogP contribution in [0, 0.1) is 0 Å². The maximum atomic E-state index is 12.0. The third kappa shape index (κ3) is 1.96. The van der Waals surface area contributed by atoms with Crippen LogP contribution < -0.4 is 0 Å². The van der Waals surface area contributed by atoms with Gasteiger partial charge >= 0.3 is 6.09 Å². The fraction of sp³-hybridized carbons (Fsp3) is 0.417. The third-order valence-corrected chi connectivity index (χ3v) is 3.33. The second-order valence-corrected chi connectivity index (χ2v) is 4.49. The summed E-state index contributed by atoms with van der Waals surface area (Å²) in [4.78, 5) is 37.7. The van der Waals surface area contributed by atoms with Crippen LogP contribution in [0.5, 0.6) is 0 Å². The number of nitrogens with zero attached hydrogens (tertiary/aromatic N) is 2. The van der Waals surface area contributed by atoms with Crippen molar-refractivity contribution >= 4 is 17.9 Å². The van der Waals surface area contributed by atoms with Crippen molar-refractivity contribution < 1.29 is 23.5 Å². The zero-order chi connectivity index (χ0) is 13.4. The van der Waals surface area contributed by atoms with Crippen LogP contribution in [0.4, 0.5) is 4.79 Å². The molecular formula is C12H12N2O5. The van der Waals surface area contributed by atoms with Gasteiger partial charge in [-0.15, -0.1) is 0 Å². The first-order valence-electron chi connectivity index (χ1n) is 5.98. The van der Waals surface area contributed by atoms with Gasteiger partial charge in [0.2, 0.25) is 0 Å². The lowest BCUT2D eigenvalue weighted by Crippen LogP contribution is -2.41. The van der Waals surface area contributed by atoms with E-state index >= 15 is 0 Å². The Balaban J connectivity index is 1.69. The van der Waals surface area contributed by atoms with Gasteiger partial charge in [-0.2, -0.15) is 0 Å². The first-order chi connectivity index (χ1) is 9.16. The minimum atomic E-state index is -0.623. The molecule has 0 aliphatic carbocycles. The van der Waals surface area contributed by atoms with E-state index in [0.29, 0.717) is 19.5 Å². The van der Waals surface area contributed by atoms with Crippen molar-refractivity contribution in [3.63, 3.8) is 0 Å². The van der Waals surface area contributed by atoms with E-state index in [1.807, 2.05) is 0 Å². The number of carbonyl (C=O) groups is 3. The molecule has 0 N–H and O–H groups in total. The molecule has 0 aromatic carbocycles. The number of imide groups is 1. The Morgan fingerprint density at radius 3 is 2.84 bits per heavy atom. The second-order valence-electron chi connectivity index (χ2n) is 4.49. The van der Waals surface area contributed by atoms with Gasteiger partial charge < -0.3 is 14.1 Å². The van der Waals surface area contributed by atoms with Crippen LogP contribution in [0.25, 0.3) is 0 Å². The first kappa shape index (κ1) is 11.8. The summed E-state index contributed by atoms with van der Waals surface area (Å²) >= 11 is 0. The van der Waals surface area contributed by atoms with Crippen LogP contribution in [0.1, 0.15) is 17.0 Å². The highest BCUT2D eigenvalue weighted by molar-refractivity contribution is 5.98. The molecule has 2 aliphatic heterocycles. The summed E-state index contributed by atoms with van der Waals surface area (Å²) in [7, 11) is 0. The van der Waals surface area contributed by atoms with Crippen LogP contribution in [0.15, 0.2) is 22.8 Å². The van der Waals surface area contributed by atoms with Crippen molar-refractivity contribution in [2.45, 2.75) is 12.5 Å². The molecule has 100 valence electrons. The van der Waals surface area contributed by atoms with Gasteiger partial charge in [0.25, 0.3) is 11.8 Å². The molecule has 2 aliphatic rings. The van der Waals surface area contributed by atoms with Crippen molar-refractivity contribution in [1.82, 2.24) is 9.80 Å². The number of hydrogen-bond acceptors (Lipinski definition) is 5. The zero-order valence-electron chi connectivity index (χ0n) is 10.1. The van der Waals surface area contributed by atoms with Crippen LogP contribution in [-0.2, 0) is 9.53 Å². The molecule has 0 radical (unpaired) electrons. The number of carbonyl (C=O) groups excluding carboxylic acids is 3. The van der Waals surface area contributed by atoms with Gasteiger partial charge in [-0.1, -0.05) is 0 Å². The smallest absolute Gasteiger partial charge is 0.417 e. The fourth-order valence-corrected chi connectivity index (χ4v) is 2.41. The lowest BCUT2D eigenvalue weighted by Gasteiger charge is -2.19. The van der Waals surface area contributed by atoms with E-state index in [1.165, 1.54) is 6.26 Å². The van der Waals surface area contributed by atoms with E-state index in [4.69, 9.17) is 4.42 Å². The highest BCUT2D eigenvalue weighted by Crippen LogP contribution is 2.21. The minimum Gasteiger partial charge on any atom is -0.459 e. The lowest BCUT2D eigenvalue weighted by atomic mass is 10.2. The van der Waals surface area contributed by atoms with E-state index in [0.717, 1.165) is 4.90 Å². The number of rotatable bonds is 2. The average molecular weight is 264 g/mol. The number of ether oxygens (including phenoxy) is 1. The molecule has 0 spiro atoms. The van der Waals surface area contributed by atoms with Gasteiger partial charge in [-0.05, 0) is 18.6 Å². The summed E-state index contributed by atoms with van der Waals surface area (Å²) in [6.45, 7) is 0.600. The SMILES string of the molecule is O=C(c1ccco1)N1CC[C@H](N2C(=O)COC2=O)C1. The van der Waals surface area contributed by atoms with Crippen LogP contribution >= 0.6 is 0 Å². The zero-order valence-corrected chi connectivity index (χ0v) is 10.1. The molecule has 3 heterocycles. The monoisotopic (exact) mass is 264 g/mol. The number of cyclic esters (lactones) is 1. The Morgan fingerprint density at radius 1 is 1.37 bits per heavy atom. The summed E-state index contributed by atoms with van der Waals surface area (Å²) in [6.07, 6.45) is 1.37. The van der Waals surface area contributed by atoms with Crippen LogP contribution in [0.3, 0.4) is 0 Å². The molecule has 0 unspecified atom stereocenters. The van der Waals surface area contributed by atoms with Crippen molar-refractivity contribution in [3.05, 3.63) is 24.2 Å². The molecule has 0 bridgehead atoms. The minimum absolute atomic E-state index is 0.207. The molecule has 1 atom stereocenters.